The normalized spacial score (nSPS) is 12.0. The molecule has 1 rings (SSSR count). The summed E-state index contributed by atoms with van der Waals surface area (Å²) in [7, 11) is 0. The van der Waals surface area contributed by atoms with Crippen LogP contribution >= 0.6 is 0 Å². The molecule has 22 heavy (non-hydrogen) atoms. The van der Waals surface area contributed by atoms with Gasteiger partial charge in [0.25, 0.3) is 0 Å². The van der Waals surface area contributed by atoms with Crippen molar-refractivity contribution >= 4 is 11.9 Å². The molecule has 1 aromatic carbocycles. The molecule has 0 aliphatic heterocycles. The highest BCUT2D eigenvalue weighted by atomic mass is 16.5. The van der Waals surface area contributed by atoms with E-state index in [1.54, 1.807) is 0 Å². The molecular formula is C17H26N2O3. The smallest absolute Gasteiger partial charge is 0.329 e. The number of amides is 1. The molecule has 0 fully saturated rings. The van der Waals surface area contributed by atoms with Crippen LogP contribution in [-0.4, -0.2) is 49.1 Å². The second kappa shape index (κ2) is 9.95. The number of rotatable bonds is 9. The molecular weight excluding hydrogens is 280 g/mol. The van der Waals surface area contributed by atoms with Gasteiger partial charge in [-0.15, -0.1) is 0 Å². The summed E-state index contributed by atoms with van der Waals surface area (Å²) in [6, 6.07) is 8.95. The van der Waals surface area contributed by atoms with E-state index in [1.165, 1.54) is 6.92 Å². The van der Waals surface area contributed by atoms with Crippen molar-refractivity contribution in [3.05, 3.63) is 35.9 Å². The Morgan fingerprint density at radius 2 is 1.82 bits per heavy atom. The van der Waals surface area contributed by atoms with E-state index in [2.05, 4.69) is 24.1 Å². The summed E-state index contributed by atoms with van der Waals surface area (Å²) in [4.78, 5) is 25.7. The molecule has 0 aliphatic carbocycles. The lowest BCUT2D eigenvalue weighted by molar-refractivity contribution is -0.148. The van der Waals surface area contributed by atoms with Crippen LogP contribution in [0.1, 0.15) is 26.3 Å². The van der Waals surface area contributed by atoms with Crippen LogP contribution in [0, 0.1) is 0 Å². The topological polar surface area (TPSA) is 58.6 Å². The van der Waals surface area contributed by atoms with Crippen LogP contribution in [0.3, 0.4) is 0 Å². The van der Waals surface area contributed by atoms with Gasteiger partial charge in [-0.05, 0) is 18.7 Å². The Kier molecular flexibility index (Phi) is 8.22. The van der Waals surface area contributed by atoms with Crippen molar-refractivity contribution in [1.29, 1.82) is 0 Å². The van der Waals surface area contributed by atoms with Crippen LogP contribution in [0.5, 0.6) is 0 Å². The average Bonchev–Trinajstić information content (AvgIpc) is 2.51. The van der Waals surface area contributed by atoms with Gasteiger partial charge in [-0.1, -0.05) is 44.2 Å². The van der Waals surface area contributed by atoms with Crippen molar-refractivity contribution in [3.63, 3.8) is 0 Å². The Hall–Kier alpha value is -1.88. The predicted molar refractivity (Wildman–Crippen MR) is 86.5 cm³/mol. The second-order valence-electron chi connectivity index (χ2n) is 5.14. The van der Waals surface area contributed by atoms with Gasteiger partial charge in [0.15, 0.2) is 0 Å². The first-order valence-electron chi connectivity index (χ1n) is 7.76. The van der Waals surface area contributed by atoms with E-state index in [4.69, 9.17) is 4.74 Å². The van der Waals surface area contributed by atoms with Gasteiger partial charge in [0, 0.05) is 19.9 Å². The van der Waals surface area contributed by atoms with Gasteiger partial charge in [0.05, 0.1) is 0 Å². The van der Waals surface area contributed by atoms with Gasteiger partial charge in [-0.25, -0.2) is 4.79 Å². The number of hydrogen-bond acceptors (Lipinski definition) is 4. The Labute approximate surface area is 132 Å². The Morgan fingerprint density at radius 3 is 2.36 bits per heavy atom. The van der Waals surface area contributed by atoms with Crippen molar-refractivity contribution in [3.8, 4) is 0 Å². The van der Waals surface area contributed by atoms with E-state index >= 15 is 0 Å². The SMILES string of the molecule is CCN(CC)CCOC(=O)[C@H](Cc1ccccc1)NC(C)=O. The lowest BCUT2D eigenvalue weighted by Crippen LogP contribution is -2.43. The molecule has 5 nitrogen and oxygen atoms in total. The van der Waals surface area contributed by atoms with Crippen molar-refractivity contribution in [2.45, 2.75) is 33.2 Å². The third-order valence-electron chi connectivity index (χ3n) is 3.49. The molecule has 1 amide bonds. The first-order chi connectivity index (χ1) is 10.6. The molecule has 0 saturated carbocycles. The molecule has 0 spiro atoms. The number of likely N-dealkylation sites (N-methyl/N-ethyl adjacent to an activating group) is 1. The zero-order chi connectivity index (χ0) is 16.4. The fraction of sp³-hybridized carbons (Fsp3) is 0.529. The minimum absolute atomic E-state index is 0.235. The van der Waals surface area contributed by atoms with E-state index in [0.717, 1.165) is 18.7 Å². The Morgan fingerprint density at radius 1 is 1.18 bits per heavy atom. The summed E-state index contributed by atoms with van der Waals surface area (Å²) in [6.07, 6.45) is 0.435. The summed E-state index contributed by atoms with van der Waals surface area (Å²) < 4.78 is 5.32. The first kappa shape index (κ1) is 18.2. The minimum Gasteiger partial charge on any atom is -0.463 e. The molecule has 5 heteroatoms. The third-order valence-corrected chi connectivity index (χ3v) is 3.49. The summed E-state index contributed by atoms with van der Waals surface area (Å²) in [5, 5.41) is 2.67. The lowest BCUT2D eigenvalue weighted by Gasteiger charge is -2.20. The zero-order valence-electron chi connectivity index (χ0n) is 13.7. The van der Waals surface area contributed by atoms with Crippen molar-refractivity contribution < 1.29 is 14.3 Å². The average molecular weight is 306 g/mol. The molecule has 0 aliphatic rings. The Balaban J connectivity index is 2.55. The van der Waals surface area contributed by atoms with Gasteiger partial charge in [-0.3, -0.25) is 4.79 Å². The molecule has 1 atom stereocenters. The lowest BCUT2D eigenvalue weighted by atomic mass is 10.1. The van der Waals surface area contributed by atoms with E-state index in [0.29, 0.717) is 19.6 Å². The van der Waals surface area contributed by atoms with Crippen LogP contribution in [0.15, 0.2) is 30.3 Å². The van der Waals surface area contributed by atoms with Crippen LogP contribution in [0.2, 0.25) is 0 Å². The van der Waals surface area contributed by atoms with Crippen LogP contribution in [0.4, 0.5) is 0 Å². The quantitative estimate of drug-likeness (QED) is 0.704. The summed E-state index contributed by atoms with van der Waals surface area (Å²) in [5.74, 6) is -0.618. The fourth-order valence-electron chi connectivity index (χ4n) is 2.20. The monoisotopic (exact) mass is 306 g/mol. The highest BCUT2D eigenvalue weighted by Crippen LogP contribution is 2.05. The van der Waals surface area contributed by atoms with Gasteiger partial charge < -0.3 is 15.0 Å². The van der Waals surface area contributed by atoms with E-state index in [9.17, 15) is 9.59 Å². The van der Waals surface area contributed by atoms with Gasteiger partial charge in [0.1, 0.15) is 12.6 Å². The van der Waals surface area contributed by atoms with Gasteiger partial charge in [-0.2, -0.15) is 0 Å². The minimum atomic E-state index is -0.642. The van der Waals surface area contributed by atoms with Crippen LogP contribution in [0.25, 0.3) is 0 Å². The van der Waals surface area contributed by atoms with Crippen LogP contribution < -0.4 is 5.32 Å². The van der Waals surface area contributed by atoms with Crippen molar-refractivity contribution in [2.24, 2.45) is 0 Å². The number of benzene rings is 1. The molecule has 1 N–H and O–H groups in total. The van der Waals surface area contributed by atoms with E-state index in [-0.39, 0.29) is 11.9 Å². The van der Waals surface area contributed by atoms with E-state index < -0.39 is 6.04 Å². The maximum absolute atomic E-state index is 12.2. The molecule has 122 valence electrons. The third kappa shape index (κ3) is 6.72. The molecule has 0 aromatic heterocycles. The highest BCUT2D eigenvalue weighted by molar-refractivity contribution is 5.83. The zero-order valence-corrected chi connectivity index (χ0v) is 13.7. The summed E-state index contributed by atoms with van der Waals surface area (Å²) in [6.45, 7) is 8.44. The molecule has 0 radical (unpaired) electrons. The largest absolute Gasteiger partial charge is 0.463 e. The second-order valence-corrected chi connectivity index (χ2v) is 5.14. The molecule has 0 unspecified atom stereocenters. The number of nitrogens with one attached hydrogen (secondary N) is 1. The number of carbonyl (C=O) groups excluding carboxylic acids is 2. The number of nitrogens with zero attached hydrogens (tertiary/aromatic N) is 1. The van der Waals surface area contributed by atoms with Crippen molar-refractivity contribution in [2.75, 3.05) is 26.2 Å². The maximum atomic E-state index is 12.2. The maximum Gasteiger partial charge on any atom is 0.329 e. The number of hydrogen-bond donors (Lipinski definition) is 1. The number of esters is 1. The van der Waals surface area contributed by atoms with Crippen molar-refractivity contribution in [1.82, 2.24) is 10.2 Å². The van der Waals surface area contributed by atoms with Crippen LogP contribution in [-0.2, 0) is 20.7 Å². The first-order valence-corrected chi connectivity index (χ1v) is 7.76. The summed E-state index contributed by atoms with van der Waals surface area (Å²) in [5.41, 5.74) is 0.988. The number of carbonyl (C=O) groups is 2. The fourth-order valence-corrected chi connectivity index (χ4v) is 2.20. The molecule has 0 bridgehead atoms. The standard InChI is InChI=1S/C17H26N2O3/c1-4-19(5-2)11-12-22-17(21)16(18-14(3)20)13-15-9-7-6-8-10-15/h6-10,16H,4-5,11-13H2,1-3H3,(H,18,20)/t16-/m0/s1. The molecule has 0 heterocycles. The predicted octanol–water partition coefficient (Wildman–Crippen LogP) is 1.62. The highest BCUT2D eigenvalue weighted by Gasteiger charge is 2.21. The Bertz CT molecular complexity index is 458. The number of ether oxygens (including phenoxy) is 1. The summed E-state index contributed by atoms with van der Waals surface area (Å²) >= 11 is 0. The van der Waals surface area contributed by atoms with E-state index in [1.807, 2.05) is 30.3 Å². The molecule has 1 aromatic rings. The van der Waals surface area contributed by atoms with Gasteiger partial charge >= 0.3 is 5.97 Å². The molecule has 0 saturated heterocycles. The van der Waals surface area contributed by atoms with Gasteiger partial charge in [0.2, 0.25) is 5.91 Å².